The van der Waals surface area contributed by atoms with Crippen LogP contribution in [0.25, 0.3) is 0 Å². The topological polar surface area (TPSA) is 78.8 Å². The third-order valence-corrected chi connectivity index (χ3v) is 3.03. The van der Waals surface area contributed by atoms with Crippen molar-refractivity contribution in [2.24, 2.45) is 0 Å². The molecule has 0 aliphatic heterocycles. The maximum Gasteiger partial charge on any atom is 0.246 e. The quantitative estimate of drug-likeness (QED) is 0.639. The second kappa shape index (κ2) is 7.89. The standard InChI is InChI=1S/C14H21NO4/c1-2-14(10-16,11-17)15-13(18)9-19-8-12-6-4-3-5-7-12/h3-7,16-17H,2,8-11H2,1H3,(H,15,18). The first-order valence-electron chi connectivity index (χ1n) is 6.30. The first-order chi connectivity index (χ1) is 9.15. The van der Waals surface area contributed by atoms with Gasteiger partial charge in [-0.1, -0.05) is 37.3 Å². The smallest absolute Gasteiger partial charge is 0.246 e. The van der Waals surface area contributed by atoms with Gasteiger partial charge in [-0.25, -0.2) is 0 Å². The van der Waals surface area contributed by atoms with E-state index in [0.717, 1.165) is 5.56 Å². The van der Waals surface area contributed by atoms with Crippen molar-refractivity contribution in [2.45, 2.75) is 25.5 Å². The monoisotopic (exact) mass is 267 g/mol. The third-order valence-electron chi connectivity index (χ3n) is 3.03. The molecule has 0 saturated heterocycles. The molecule has 1 aromatic carbocycles. The Morgan fingerprint density at radius 1 is 1.26 bits per heavy atom. The van der Waals surface area contributed by atoms with Crippen molar-refractivity contribution in [3.63, 3.8) is 0 Å². The zero-order valence-electron chi connectivity index (χ0n) is 11.1. The van der Waals surface area contributed by atoms with E-state index in [2.05, 4.69) is 5.32 Å². The van der Waals surface area contributed by atoms with Crippen LogP contribution in [0.4, 0.5) is 0 Å². The molecule has 0 heterocycles. The Morgan fingerprint density at radius 2 is 1.89 bits per heavy atom. The Morgan fingerprint density at radius 3 is 2.42 bits per heavy atom. The molecule has 0 radical (unpaired) electrons. The largest absolute Gasteiger partial charge is 0.394 e. The lowest BCUT2D eigenvalue weighted by Gasteiger charge is -2.29. The lowest BCUT2D eigenvalue weighted by molar-refractivity contribution is -0.129. The number of carbonyl (C=O) groups excluding carboxylic acids is 1. The molecule has 1 amide bonds. The lowest BCUT2D eigenvalue weighted by Crippen LogP contribution is -2.54. The van der Waals surface area contributed by atoms with E-state index in [9.17, 15) is 15.0 Å². The number of hydrogen-bond acceptors (Lipinski definition) is 4. The van der Waals surface area contributed by atoms with Crippen LogP contribution in [-0.4, -0.2) is 41.5 Å². The average Bonchev–Trinajstić information content (AvgIpc) is 2.46. The van der Waals surface area contributed by atoms with E-state index in [1.54, 1.807) is 6.92 Å². The van der Waals surface area contributed by atoms with Crippen LogP contribution in [0.2, 0.25) is 0 Å². The SMILES string of the molecule is CCC(CO)(CO)NC(=O)COCc1ccccc1. The predicted molar refractivity (Wildman–Crippen MR) is 71.4 cm³/mol. The molecule has 19 heavy (non-hydrogen) atoms. The van der Waals surface area contributed by atoms with Gasteiger partial charge >= 0.3 is 0 Å². The van der Waals surface area contributed by atoms with Gasteiger partial charge in [-0.05, 0) is 12.0 Å². The zero-order chi connectivity index (χ0) is 14.1. The number of nitrogens with one attached hydrogen (secondary N) is 1. The molecule has 3 N–H and O–H groups in total. The molecule has 0 aromatic heterocycles. The predicted octanol–water partition coefficient (Wildman–Crippen LogP) is 0.453. The summed E-state index contributed by atoms with van der Waals surface area (Å²) in [6.07, 6.45) is 0.449. The van der Waals surface area contributed by atoms with Crippen LogP contribution in [0.5, 0.6) is 0 Å². The van der Waals surface area contributed by atoms with Gasteiger partial charge in [0, 0.05) is 0 Å². The molecule has 0 atom stereocenters. The molecular formula is C14H21NO4. The molecule has 106 valence electrons. The molecule has 0 spiro atoms. The first kappa shape index (κ1) is 15.6. The van der Waals surface area contributed by atoms with Crippen molar-refractivity contribution in [3.05, 3.63) is 35.9 Å². The number of aliphatic hydroxyl groups is 2. The summed E-state index contributed by atoms with van der Waals surface area (Å²) in [4.78, 5) is 11.7. The normalized spacial score (nSPS) is 11.3. The van der Waals surface area contributed by atoms with Crippen LogP contribution < -0.4 is 5.32 Å². The molecule has 5 nitrogen and oxygen atoms in total. The molecular weight excluding hydrogens is 246 g/mol. The fourth-order valence-corrected chi connectivity index (χ4v) is 1.61. The van der Waals surface area contributed by atoms with Gasteiger partial charge in [0.2, 0.25) is 5.91 Å². The molecule has 0 fully saturated rings. The van der Waals surface area contributed by atoms with E-state index in [-0.39, 0.29) is 25.7 Å². The van der Waals surface area contributed by atoms with E-state index in [1.807, 2.05) is 30.3 Å². The van der Waals surface area contributed by atoms with Crippen molar-refractivity contribution in [2.75, 3.05) is 19.8 Å². The number of ether oxygens (including phenoxy) is 1. The minimum atomic E-state index is -0.965. The molecule has 1 aromatic rings. The molecule has 5 heteroatoms. The van der Waals surface area contributed by atoms with Crippen molar-refractivity contribution in [1.82, 2.24) is 5.32 Å². The van der Waals surface area contributed by atoms with Crippen LogP contribution in [0, 0.1) is 0 Å². The van der Waals surface area contributed by atoms with Gasteiger partial charge in [-0.3, -0.25) is 4.79 Å². The number of carbonyl (C=O) groups is 1. The third kappa shape index (κ3) is 4.98. The summed E-state index contributed by atoms with van der Waals surface area (Å²) in [6, 6.07) is 9.54. The summed E-state index contributed by atoms with van der Waals surface area (Å²) in [5.41, 5.74) is 0.0223. The molecule has 0 saturated carbocycles. The van der Waals surface area contributed by atoms with Gasteiger partial charge in [0.15, 0.2) is 0 Å². The highest BCUT2D eigenvalue weighted by Gasteiger charge is 2.28. The summed E-state index contributed by atoms with van der Waals surface area (Å²) in [5, 5.41) is 21.0. The van der Waals surface area contributed by atoms with Gasteiger partial charge < -0.3 is 20.3 Å². The molecule has 0 bridgehead atoms. The Balaban J connectivity index is 2.35. The second-order valence-electron chi connectivity index (χ2n) is 4.48. The number of aliphatic hydroxyl groups excluding tert-OH is 2. The van der Waals surface area contributed by atoms with Gasteiger partial charge in [-0.2, -0.15) is 0 Å². The highest BCUT2D eigenvalue weighted by molar-refractivity contribution is 5.78. The Hall–Kier alpha value is -1.43. The van der Waals surface area contributed by atoms with Crippen molar-refractivity contribution >= 4 is 5.91 Å². The summed E-state index contributed by atoms with van der Waals surface area (Å²) in [6.45, 7) is 1.44. The van der Waals surface area contributed by atoms with E-state index in [0.29, 0.717) is 13.0 Å². The van der Waals surface area contributed by atoms with Gasteiger partial charge in [0.1, 0.15) is 6.61 Å². The van der Waals surface area contributed by atoms with Crippen LogP contribution in [0.3, 0.4) is 0 Å². The maximum absolute atomic E-state index is 11.7. The molecule has 0 unspecified atom stereocenters. The minimum absolute atomic E-state index is 0.101. The maximum atomic E-state index is 11.7. The fourth-order valence-electron chi connectivity index (χ4n) is 1.61. The minimum Gasteiger partial charge on any atom is -0.394 e. The Labute approximate surface area is 113 Å². The lowest BCUT2D eigenvalue weighted by atomic mass is 9.98. The molecule has 1 rings (SSSR count). The average molecular weight is 267 g/mol. The van der Waals surface area contributed by atoms with Crippen LogP contribution in [0.1, 0.15) is 18.9 Å². The Kier molecular flexibility index (Phi) is 6.49. The summed E-state index contributed by atoms with van der Waals surface area (Å²) in [7, 11) is 0. The summed E-state index contributed by atoms with van der Waals surface area (Å²) in [5.74, 6) is -0.346. The van der Waals surface area contributed by atoms with Gasteiger partial charge in [0.25, 0.3) is 0 Å². The number of hydrogen-bond donors (Lipinski definition) is 3. The number of amides is 1. The molecule has 0 aliphatic carbocycles. The van der Waals surface area contributed by atoms with Crippen LogP contribution >= 0.6 is 0 Å². The van der Waals surface area contributed by atoms with Gasteiger partial charge in [0.05, 0.1) is 25.4 Å². The van der Waals surface area contributed by atoms with Crippen LogP contribution in [-0.2, 0) is 16.1 Å². The first-order valence-corrected chi connectivity index (χ1v) is 6.30. The van der Waals surface area contributed by atoms with E-state index >= 15 is 0 Å². The fraction of sp³-hybridized carbons (Fsp3) is 0.500. The second-order valence-corrected chi connectivity index (χ2v) is 4.48. The number of rotatable bonds is 8. The van der Waals surface area contributed by atoms with E-state index in [1.165, 1.54) is 0 Å². The van der Waals surface area contributed by atoms with E-state index < -0.39 is 5.54 Å². The zero-order valence-corrected chi connectivity index (χ0v) is 11.1. The van der Waals surface area contributed by atoms with Gasteiger partial charge in [-0.15, -0.1) is 0 Å². The van der Waals surface area contributed by atoms with Crippen molar-refractivity contribution < 1.29 is 19.7 Å². The van der Waals surface area contributed by atoms with E-state index in [4.69, 9.17) is 4.74 Å². The number of benzene rings is 1. The highest BCUT2D eigenvalue weighted by Crippen LogP contribution is 2.08. The summed E-state index contributed by atoms with van der Waals surface area (Å²) < 4.78 is 5.29. The Bertz CT molecular complexity index is 368. The van der Waals surface area contributed by atoms with Crippen LogP contribution in [0.15, 0.2) is 30.3 Å². The van der Waals surface area contributed by atoms with Crippen molar-refractivity contribution in [1.29, 1.82) is 0 Å². The highest BCUT2D eigenvalue weighted by atomic mass is 16.5. The molecule has 0 aliphatic rings. The van der Waals surface area contributed by atoms with Crippen molar-refractivity contribution in [3.8, 4) is 0 Å². The summed E-state index contributed by atoms with van der Waals surface area (Å²) >= 11 is 0.